The van der Waals surface area contributed by atoms with E-state index in [1.54, 1.807) is 70.2 Å². The Morgan fingerprint density at radius 3 is 1.29 bits per heavy atom. The van der Waals surface area contributed by atoms with Crippen LogP contribution < -0.4 is 5.32 Å². The number of hydrogen-bond donors (Lipinski definition) is 10. The summed E-state index contributed by atoms with van der Waals surface area (Å²) in [4.78, 5) is 11.9. The quantitative estimate of drug-likeness (QED) is 0.0337. The number of H-pyrrole nitrogens is 9. The van der Waals surface area contributed by atoms with Crippen molar-refractivity contribution in [3.8, 4) is 17.1 Å². The predicted octanol–water partition coefficient (Wildman–Crippen LogP) is 14.7. The number of halogens is 5. The Morgan fingerprint density at radius 1 is 0.539 bits per heavy atom. The van der Waals surface area contributed by atoms with Crippen molar-refractivity contribution in [2.75, 3.05) is 5.32 Å². The van der Waals surface area contributed by atoms with Gasteiger partial charge >= 0.3 is 6.18 Å². The highest BCUT2D eigenvalue weighted by Crippen LogP contribution is 2.29. The maximum atomic E-state index is 12.3. The first-order chi connectivity index (χ1) is 48.6. The Labute approximate surface area is 641 Å². The summed E-state index contributed by atoms with van der Waals surface area (Å²) in [7, 11) is 7.53. The van der Waals surface area contributed by atoms with Crippen LogP contribution >= 0.6 is 149 Å². The number of nitrogens with zero attached hydrogens (tertiary/aromatic N) is 18. The molecule has 0 radical (unpaired) electrons. The second-order valence-electron chi connectivity index (χ2n) is 20.6. The zero-order chi connectivity index (χ0) is 74.2. The van der Waals surface area contributed by atoms with Crippen LogP contribution in [-0.2, 0) is 65.4 Å². The Kier molecular flexibility index (Phi) is 30.6. The highest BCUT2D eigenvalue weighted by atomic mass is 79.9. The molecular formula is C58H61BrClF3N28OS10. The fourth-order valence-corrected chi connectivity index (χ4v) is 10.9. The van der Waals surface area contributed by atoms with Gasteiger partial charge in [0.2, 0.25) is 5.95 Å². The lowest BCUT2D eigenvalue weighted by Crippen LogP contribution is -2.15. The first-order valence-corrected chi connectivity index (χ1v) is 35.0. The minimum Gasteiger partial charge on any atom is -0.307 e. The third-order valence-corrected chi connectivity index (χ3v) is 18.1. The van der Waals surface area contributed by atoms with E-state index in [1.165, 1.54) is 23.0 Å². The number of amides is 1. The second-order valence-corrected chi connectivity index (χ2v) is 26.4. The number of carbonyl (C=O) groups is 1. The molecule has 0 atom stereocenters. The van der Waals surface area contributed by atoms with E-state index in [9.17, 15) is 18.0 Å². The number of allylic oxidation sites excluding steroid dienone is 2. The van der Waals surface area contributed by atoms with Gasteiger partial charge in [-0.3, -0.25) is 69.2 Å². The van der Waals surface area contributed by atoms with Crippen molar-refractivity contribution in [2.24, 2.45) is 28.2 Å². The van der Waals surface area contributed by atoms with Gasteiger partial charge in [-0.1, -0.05) is 64.0 Å². The average Bonchev–Trinajstić information content (AvgIpc) is 1.11. The number of thioether (sulfide) groups is 1. The molecular weight excluding hydrogens is 1600 g/mol. The van der Waals surface area contributed by atoms with Crippen LogP contribution in [0.25, 0.3) is 17.1 Å². The van der Waals surface area contributed by atoms with E-state index in [2.05, 4.69) is 126 Å². The van der Waals surface area contributed by atoms with Crippen LogP contribution in [0.15, 0.2) is 158 Å². The molecule has 29 nitrogen and oxygen atoms in total. The van der Waals surface area contributed by atoms with Gasteiger partial charge in [0.1, 0.15) is 48.6 Å². The van der Waals surface area contributed by atoms with Gasteiger partial charge in [-0.2, -0.15) is 54.0 Å². The van der Waals surface area contributed by atoms with Crippen molar-refractivity contribution < 1.29 is 18.0 Å². The van der Waals surface area contributed by atoms with Gasteiger partial charge < -0.3 is 22.8 Å². The van der Waals surface area contributed by atoms with Crippen molar-refractivity contribution in [1.82, 2.24) is 133 Å². The van der Waals surface area contributed by atoms with Crippen molar-refractivity contribution in [3.05, 3.63) is 240 Å². The molecule has 4 aromatic carbocycles. The fourth-order valence-electron chi connectivity index (χ4n) is 7.93. The molecule has 0 saturated heterocycles. The topological polar surface area (TPSA) is 332 Å². The second kappa shape index (κ2) is 38.9. The molecule has 9 heterocycles. The lowest BCUT2D eigenvalue weighted by Gasteiger charge is -2.07. The molecule has 1 amide bonds. The Bertz CT molecular complexity index is 5240. The summed E-state index contributed by atoms with van der Waals surface area (Å²) in [6.45, 7) is 10.6. The lowest BCUT2D eigenvalue weighted by atomic mass is 10.2. The third-order valence-electron chi connectivity index (χ3n) is 13.4. The van der Waals surface area contributed by atoms with Crippen molar-refractivity contribution in [3.63, 3.8) is 0 Å². The normalized spacial score (nSPS) is 10.6. The van der Waals surface area contributed by atoms with Crippen LogP contribution in [0.5, 0.6) is 0 Å². The molecule has 0 unspecified atom stereocenters. The van der Waals surface area contributed by atoms with E-state index in [0.717, 1.165) is 74.9 Å². The van der Waals surface area contributed by atoms with E-state index in [-0.39, 0.29) is 5.91 Å². The standard InChI is InChI=1S/C12H12N4OS.C9H6F3N3S.C8H6BrN3S.C8H6ClN3S.C8H12N6S3.C7H10N6S2.C6H9N3S/c1-2-8-16-11(14-15-12(16)18)13-10(17)9-6-4-3-5-7-9;10-9(11,12)6-1-3-7(4-2-6)15-5-13-14-8(15)16;2*9-6-1-3-7(4-2-6)12-5-10-11-8(12)13;1-13-5(9-11-7(13)15)3-17-4-6-10-12-8(16)14(6)2;1-12-4(8-10-6(12)14)3-5-9-11-7(15)13(5)2;1-5(2)3-9-4-7-8-6(9)10/h2-7H,1,8H2,(H,15,18)(H,13,14,17);1-5H,(H,14,16);2*1-5H,(H,11,13);3-4H2,1-2H3,(H,11,15)(H,12,16);3H2,1-2H3,(H,10,14)(H,11,15);4H,1,3H2,2H3,(H,8,10). The van der Waals surface area contributed by atoms with Gasteiger partial charge in [-0.25, -0.2) is 5.10 Å². The van der Waals surface area contributed by atoms with Crippen LogP contribution in [-0.4, -0.2) is 139 Å². The monoisotopic (exact) mass is 1660 g/mol. The van der Waals surface area contributed by atoms with Gasteiger partial charge in [-0.05, 0) is 202 Å². The maximum absolute atomic E-state index is 12.3. The van der Waals surface area contributed by atoms with E-state index in [0.29, 0.717) is 78.1 Å². The summed E-state index contributed by atoms with van der Waals surface area (Å²) in [6.07, 6.45) is 4.31. The lowest BCUT2D eigenvalue weighted by molar-refractivity contribution is -0.137. The zero-order valence-corrected chi connectivity index (χ0v) is 64.6. The van der Waals surface area contributed by atoms with E-state index in [1.807, 2.05) is 117 Å². The molecule has 0 spiro atoms. The molecule has 13 rings (SSSR count). The summed E-state index contributed by atoms with van der Waals surface area (Å²) in [5, 5.41) is 63.1. The predicted molar refractivity (Wildman–Crippen MR) is 410 cm³/mol. The van der Waals surface area contributed by atoms with E-state index < -0.39 is 11.7 Å². The van der Waals surface area contributed by atoms with Crippen LogP contribution in [0.3, 0.4) is 0 Å². The summed E-state index contributed by atoms with van der Waals surface area (Å²) in [5.74, 6) is 5.23. The van der Waals surface area contributed by atoms with E-state index in [4.69, 9.17) is 122 Å². The number of anilines is 1. The molecule has 0 bridgehead atoms. The summed E-state index contributed by atoms with van der Waals surface area (Å²) in [6, 6.07) is 28.9. The van der Waals surface area contributed by atoms with Crippen molar-refractivity contribution >= 4 is 161 Å². The van der Waals surface area contributed by atoms with Gasteiger partial charge in [0.05, 0.1) is 23.5 Å². The van der Waals surface area contributed by atoms with Gasteiger partial charge in [0, 0.05) is 73.4 Å². The highest BCUT2D eigenvalue weighted by molar-refractivity contribution is 9.10. The van der Waals surface area contributed by atoms with Crippen LogP contribution in [0.2, 0.25) is 5.02 Å². The van der Waals surface area contributed by atoms with E-state index >= 15 is 0 Å². The van der Waals surface area contributed by atoms with Crippen molar-refractivity contribution in [2.45, 2.75) is 44.1 Å². The number of rotatable bonds is 15. The first-order valence-electron chi connectivity index (χ1n) is 29.0. The largest absolute Gasteiger partial charge is 0.416 e. The maximum Gasteiger partial charge on any atom is 0.416 e. The van der Waals surface area contributed by atoms with Crippen LogP contribution in [0.4, 0.5) is 19.1 Å². The molecule has 0 aliphatic carbocycles. The minimum absolute atomic E-state index is 0.227. The molecule has 102 heavy (non-hydrogen) atoms. The number of benzene rings is 4. The third kappa shape index (κ3) is 23.5. The molecule has 10 N–H and O–H groups in total. The summed E-state index contributed by atoms with van der Waals surface area (Å²) >= 11 is 55.9. The smallest absolute Gasteiger partial charge is 0.307 e. The van der Waals surface area contributed by atoms with Crippen LogP contribution in [0.1, 0.15) is 46.1 Å². The molecule has 13 aromatic rings. The minimum atomic E-state index is -4.32. The first kappa shape index (κ1) is 80.3. The number of hydrogen-bond acceptors (Lipinski definition) is 20. The average molecular weight is 1660 g/mol. The van der Waals surface area contributed by atoms with Gasteiger partial charge in [-0.15, -0.1) is 23.4 Å². The number of aromatic amines is 9. The molecule has 0 aliphatic heterocycles. The Balaban J connectivity index is 0.000000168. The van der Waals surface area contributed by atoms with Gasteiger partial charge in [0.15, 0.2) is 42.9 Å². The zero-order valence-electron chi connectivity index (χ0n) is 54.1. The fraction of sp³-hybridized carbons (Fsp3) is 0.190. The Morgan fingerprint density at radius 2 is 0.931 bits per heavy atom. The molecule has 0 aliphatic rings. The number of nitrogens with one attached hydrogen (secondary N) is 10. The SMILES string of the molecule is C=C(C)Cn1cn[nH]c1=S.C=CCn1c(NC(=O)c2ccccc2)n[nH]c1=S.Cn1c(CSCc2n[nH]c(=S)n2C)n[nH]c1=S.Cn1c(Cc2n[nH]c(=S)n2C)n[nH]c1=S.FC(F)(F)c1ccc(-n2cn[nH]c2=S)cc1.S=c1[nH]ncn1-c1ccc(Br)cc1.S=c1[nH]ncn1-c1ccc(Cl)cc1. The summed E-state index contributed by atoms with van der Waals surface area (Å²) in [5.41, 5.74) is 3.43. The number of aromatic nitrogens is 27. The Hall–Kier alpha value is -9.02. The molecule has 534 valence electrons. The summed E-state index contributed by atoms with van der Waals surface area (Å²) < 4.78 is 58.9. The van der Waals surface area contributed by atoms with Crippen molar-refractivity contribution in [1.29, 1.82) is 0 Å². The number of carbonyl (C=O) groups excluding carboxylic acids is 1. The van der Waals surface area contributed by atoms with Crippen LogP contribution in [0, 0.1) is 42.9 Å². The molecule has 0 saturated carbocycles. The van der Waals surface area contributed by atoms with Gasteiger partial charge in [0.25, 0.3) is 5.91 Å². The molecule has 44 heteroatoms. The molecule has 0 fully saturated rings. The number of alkyl halides is 3. The highest BCUT2D eigenvalue weighted by Gasteiger charge is 2.30. The molecule has 9 aromatic heterocycles.